The van der Waals surface area contributed by atoms with Crippen LogP contribution in [-0.4, -0.2) is 6.18 Å². The van der Waals surface area contributed by atoms with Crippen molar-refractivity contribution < 1.29 is 17.6 Å². The van der Waals surface area contributed by atoms with Gasteiger partial charge in [0.15, 0.2) is 0 Å². The van der Waals surface area contributed by atoms with E-state index in [1.54, 1.807) is 24.3 Å². The molecule has 0 spiro atoms. The van der Waals surface area contributed by atoms with Gasteiger partial charge < -0.3 is 0 Å². The van der Waals surface area contributed by atoms with Crippen molar-refractivity contribution in [3.05, 3.63) is 118 Å². The fourth-order valence-electron chi connectivity index (χ4n) is 4.60. The van der Waals surface area contributed by atoms with Gasteiger partial charge in [-0.15, -0.1) is 0 Å². The molecular formula is C34H32F4. The SMILES string of the molecule is CCCCCCc1ccc(C#Cc2ccc3c(F)c(CCc4ccc(CC(F)(F)F)cc4)ccc3c2)cc1. The quantitative estimate of drug-likeness (QED) is 0.118. The lowest BCUT2D eigenvalue weighted by atomic mass is 9.98. The molecule has 0 aliphatic heterocycles. The monoisotopic (exact) mass is 516 g/mol. The molecule has 0 saturated heterocycles. The molecule has 0 aromatic heterocycles. The minimum absolute atomic E-state index is 0.229. The highest BCUT2D eigenvalue weighted by Crippen LogP contribution is 2.25. The zero-order valence-electron chi connectivity index (χ0n) is 21.7. The van der Waals surface area contributed by atoms with Crippen LogP contribution in [0.25, 0.3) is 10.8 Å². The van der Waals surface area contributed by atoms with Gasteiger partial charge in [0.25, 0.3) is 0 Å². The number of rotatable bonds is 9. The number of hydrogen-bond donors (Lipinski definition) is 0. The first kappa shape index (κ1) is 27.5. The molecular weight excluding hydrogens is 484 g/mol. The average Bonchev–Trinajstić information content (AvgIpc) is 2.90. The maximum absolute atomic E-state index is 15.2. The van der Waals surface area contributed by atoms with E-state index >= 15 is 4.39 Å². The molecule has 0 amide bonds. The summed E-state index contributed by atoms with van der Waals surface area (Å²) in [7, 11) is 0. The second-order valence-corrected chi connectivity index (χ2v) is 9.84. The Morgan fingerprint density at radius 1 is 0.632 bits per heavy atom. The third kappa shape index (κ3) is 7.96. The Bertz CT molecular complexity index is 1400. The maximum Gasteiger partial charge on any atom is 0.393 e. The largest absolute Gasteiger partial charge is 0.393 e. The fourth-order valence-corrected chi connectivity index (χ4v) is 4.60. The van der Waals surface area contributed by atoms with Gasteiger partial charge in [0.2, 0.25) is 0 Å². The number of aryl methyl sites for hydroxylation is 3. The minimum atomic E-state index is -4.22. The van der Waals surface area contributed by atoms with Gasteiger partial charge in [-0.1, -0.05) is 92.6 Å². The molecule has 0 N–H and O–H groups in total. The first-order chi connectivity index (χ1) is 18.3. The number of benzene rings is 4. The van der Waals surface area contributed by atoms with Crippen LogP contribution in [0.2, 0.25) is 0 Å². The van der Waals surface area contributed by atoms with Crippen LogP contribution < -0.4 is 0 Å². The van der Waals surface area contributed by atoms with Crippen molar-refractivity contribution in [2.75, 3.05) is 0 Å². The Kier molecular flexibility index (Phi) is 9.24. The molecule has 0 unspecified atom stereocenters. The number of unbranched alkanes of at least 4 members (excludes halogenated alkanes) is 3. The van der Waals surface area contributed by atoms with Crippen LogP contribution in [0.5, 0.6) is 0 Å². The predicted molar refractivity (Wildman–Crippen MR) is 148 cm³/mol. The van der Waals surface area contributed by atoms with E-state index < -0.39 is 12.6 Å². The summed E-state index contributed by atoms with van der Waals surface area (Å²) in [6.07, 6.45) is 1.96. The molecule has 196 valence electrons. The Hall–Kier alpha value is -3.58. The minimum Gasteiger partial charge on any atom is -0.206 e. The Morgan fingerprint density at radius 2 is 1.26 bits per heavy atom. The van der Waals surface area contributed by atoms with Crippen molar-refractivity contribution in [2.24, 2.45) is 0 Å². The Labute approximate surface area is 222 Å². The number of fused-ring (bicyclic) bond motifs is 1. The van der Waals surface area contributed by atoms with Gasteiger partial charge in [-0.05, 0) is 77.6 Å². The van der Waals surface area contributed by atoms with Crippen molar-refractivity contribution in [3.8, 4) is 11.8 Å². The smallest absolute Gasteiger partial charge is 0.206 e. The normalized spacial score (nSPS) is 11.4. The summed E-state index contributed by atoms with van der Waals surface area (Å²) in [5, 5.41) is 1.33. The van der Waals surface area contributed by atoms with Crippen molar-refractivity contribution >= 4 is 10.8 Å². The molecule has 0 saturated carbocycles. The van der Waals surface area contributed by atoms with Crippen LogP contribution >= 0.6 is 0 Å². The average molecular weight is 517 g/mol. The lowest BCUT2D eigenvalue weighted by Crippen LogP contribution is -2.11. The van der Waals surface area contributed by atoms with Crippen LogP contribution in [0.15, 0.2) is 78.9 Å². The molecule has 4 aromatic rings. The summed E-state index contributed by atoms with van der Waals surface area (Å²) in [6.45, 7) is 2.22. The highest BCUT2D eigenvalue weighted by Gasteiger charge is 2.27. The summed E-state index contributed by atoms with van der Waals surface area (Å²) in [4.78, 5) is 0. The van der Waals surface area contributed by atoms with E-state index in [1.165, 1.54) is 43.4 Å². The zero-order valence-corrected chi connectivity index (χ0v) is 21.7. The summed E-state index contributed by atoms with van der Waals surface area (Å²) in [5.41, 5.74) is 4.81. The van der Waals surface area contributed by atoms with Gasteiger partial charge >= 0.3 is 6.18 Å². The maximum atomic E-state index is 15.2. The predicted octanol–water partition coefficient (Wildman–Crippen LogP) is 9.39. The standard InChI is InChI=1S/C34H32F4/c1-2-3-4-5-6-25-7-9-26(10-8-25)11-14-28-18-22-32-31(23-28)21-20-30(33(32)35)19-17-27-12-15-29(16-13-27)24-34(36,37)38/h7-10,12-13,15-16,18,20-23H,2-6,17,19,24H2,1H3. The van der Waals surface area contributed by atoms with E-state index in [9.17, 15) is 13.2 Å². The zero-order chi connectivity index (χ0) is 27.0. The number of halogens is 4. The molecule has 0 fully saturated rings. The Morgan fingerprint density at radius 3 is 1.97 bits per heavy atom. The van der Waals surface area contributed by atoms with E-state index in [-0.39, 0.29) is 11.4 Å². The van der Waals surface area contributed by atoms with Crippen LogP contribution in [-0.2, 0) is 25.7 Å². The molecule has 4 aromatic carbocycles. The van der Waals surface area contributed by atoms with Crippen LogP contribution in [0.4, 0.5) is 17.6 Å². The summed E-state index contributed by atoms with van der Waals surface area (Å²) in [5.74, 6) is 6.13. The van der Waals surface area contributed by atoms with Gasteiger partial charge in [0.05, 0.1) is 6.42 Å². The molecule has 0 bridgehead atoms. The van der Waals surface area contributed by atoms with E-state index in [0.29, 0.717) is 23.8 Å². The molecule has 0 radical (unpaired) electrons. The summed E-state index contributed by atoms with van der Waals surface area (Å²) < 4.78 is 52.9. The summed E-state index contributed by atoms with van der Waals surface area (Å²) >= 11 is 0. The van der Waals surface area contributed by atoms with E-state index in [2.05, 4.69) is 43.0 Å². The lowest BCUT2D eigenvalue weighted by Gasteiger charge is -2.09. The molecule has 38 heavy (non-hydrogen) atoms. The lowest BCUT2D eigenvalue weighted by molar-refractivity contribution is -0.127. The van der Waals surface area contributed by atoms with Crippen molar-refractivity contribution in [1.29, 1.82) is 0 Å². The number of alkyl halides is 3. The van der Waals surface area contributed by atoms with Crippen LogP contribution in [0.3, 0.4) is 0 Å². The first-order valence-electron chi connectivity index (χ1n) is 13.3. The molecule has 0 atom stereocenters. The molecule has 0 aliphatic rings. The van der Waals surface area contributed by atoms with Gasteiger partial charge in [0.1, 0.15) is 5.82 Å². The molecule has 4 heteroatoms. The topological polar surface area (TPSA) is 0 Å². The first-order valence-corrected chi connectivity index (χ1v) is 13.3. The molecule has 0 nitrogen and oxygen atoms in total. The second-order valence-electron chi connectivity index (χ2n) is 9.84. The highest BCUT2D eigenvalue weighted by atomic mass is 19.4. The van der Waals surface area contributed by atoms with Gasteiger partial charge in [-0.3, -0.25) is 0 Å². The van der Waals surface area contributed by atoms with E-state index in [4.69, 9.17) is 0 Å². The Balaban J connectivity index is 1.39. The van der Waals surface area contributed by atoms with E-state index in [0.717, 1.165) is 28.5 Å². The third-order valence-corrected chi connectivity index (χ3v) is 6.77. The van der Waals surface area contributed by atoms with Crippen molar-refractivity contribution in [1.82, 2.24) is 0 Å². The van der Waals surface area contributed by atoms with Crippen LogP contribution in [0, 0.1) is 17.7 Å². The van der Waals surface area contributed by atoms with Crippen molar-refractivity contribution in [3.63, 3.8) is 0 Å². The van der Waals surface area contributed by atoms with Crippen molar-refractivity contribution in [2.45, 2.75) is 64.5 Å². The van der Waals surface area contributed by atoms with E-state index in [1.807, 2.05) is 18.2 Å². The molecule has 0 heterocycles. The van der Waals surface area contributed by atoms with Gasteiger partial charge in [-0.25, -0.2) is 4.39 Å². The fraction of sp³-hybridized carbons (Fsp3) is 0.294. The van der Waals surface area contributed by atoms with Crippen LogP contribution in [0.1, 0.15) is 66.0 Å². The van der Waals surface area contributed by atoms with Gasteiger partial charge in [-0.2, -0.15) is 13.2 Å². The summed E-state index contributed by atoms with van der Waals surface area (Å²) in [6, 6.07) is 23.9. The third-order valence-electron chi connectivity index (χ3n) is 6.77. The molecule has 0 aliphatic carbocycles. The molecule has 4 rings (SSSR count). The number of hydrogen-bond acceptors (Lipinski definition) is 0. The second kappa shape index (κ2) is 12.8. The van der Waals surface area contributed by atoms with Gasteiger partial charge in [0, 0.05) is 16.5 Å². The highest BCUT2D eigenvalue weighted by molar-refractivity contribution is 5.85.